The second-order valence-electron chi connectivity index (χ2n) is 5.21. The van der Waals surface area contributed by atoms with E-state index in [9.17, 15) is 0 Å². The van der Waals surface area contributed by atoms with Gasteiger partial charge in [-0.05, 0) is 13.3 Å². The highest BCUT2D eigenvalue weighted by atomic mass is 16.5. The quantitative estimate of drug-likeness (QED) is 0.854. The number of aromatic nitrogens is 2. The van der Waals surface area contributed by atoms with E-state index in [1.54, 1.807) is 0 Å². The highest BCUT2D eigenvalue weighted by molar-refractivity contribution is 5.54. The lowest BCUT2D eigenvalue weighted by Crippen LogP contribution is -2.17. The maximum atomic E-state index is 5.93. The summed E-state index contributed by atoms with van der Waals surface area (Å²) in [5, 5.41) is 3.38. The van der Waals surface area contributed by atoms with Gasteiger partial charge in [-0.15, -0.1) is 0 Å². The SMILES string of the molecule is Cc1c(N)nc(C(C)C)nc1NCC1CCOC1. The zero-order chi connectivity index (χ0) is 13.1. The number of hydrogen-bond donors (Lipinski definition) is 2. The normalized spacial score (nSPS) is 19.4. The largest absolute Gasteiger partial charge is 0.383 e. The molecule has 1 aliphatic rings. The number of ether oxygens (including phenoxy) is 1. The van der Waals surface area contributed by atoms with Gasteiger partial charge in [-0.3, -0.25) is 0 Å². The molecule has 0 spiro atoms. The number of nitrogen functional groups attached to an aromatic ring is 1. The van der Waals surface area contributed by atoms with Crippen LogP contribution < -0.4 is 11.1 Å². The third kappa shape index (κ3) is 2.90. The number of anilines is 2. The van der Waals surface area contributed by atoms with Crippen molar-refractivity contribution in [1.82, 2.24) is 9.97 Å². The molecule has 1 saturated heterocycles. The average Bonchev–Trinajstić information content (AvgIpc) is 2.83. The lowest BCUT2D eigenvalue weighted by molar-refractivity contribution is 0.187. The van der Waals surface area contributed by atoms with Gasteiger partial charge in [-0.2, -0.15) is 0 Å². The maximum absolute atomic E-state index is 5.93. The van der Waals surface area contributed by atoms with E-state index in [-0.39, 0.29) is 5.92 Å². The van der Waals surface area contributed by atoms with Crippen LogP contribution in [0.3, 0.4) is 0 Å². The molecule has 0 bridgehead atoms. The monoisotopic (exact) mass is 250 g/mol. The van der Waals surface area contributed by atoms with Crippen LogP contribution in [0, 0.1) is 12.8 Å². The number of nitrogens with zero attached hydrogens (tertiary/aromatic N) is 2. The second kappa shape index (κ2) is 5.52. The van der Waals surface area contributed by atoms with Crippen LogP contribution in [-0.2, 0) is 4.74 Å². The lowest BCUT2D eigenvalue weighted by Gasteiger charge is -2.15. The molecule has 1 aliphatic heterocycles. The van der Waals surface area contributed by atoms with Gasteiger partial charge in [0.05, 0.1) is 6.61 Å². The van der Waals surface area contributed by atoms with E-state index < -0.39 is 0 Å². The molecular formula is C13H22N4O. The van der Waals surface area contributed by atoms with E-state index in [1.807, 2.05) is 6.92 Å². The van der Waals surface area contributed by atoms with Crippen LogP contribution in [0.4, 0.5) is 11.6 Å². The van der Waals surface area contributed by atoms with Gasteiger partial charge in [0.15, 0.2) is 0 Å². The third-order valence-corrected chi connectivity index (χ3v) is 3.30. The molecule has 18 heavy (non-hydrogen) atoms. The van der Waals surface area contributed by atoms with Crippen LogP contribution in [0.1, 0.15) is 37.6 Å². The summed E-state index contributed by atoms with van der Waals surface area (Å²) in [5.74, 6) is 3.08. The molecule has 0 radical (unpaired) electrons. The summed E-state index contributed by atoms with van der Waals surface area (Å²) in [5.41, 5.74) is 6.86. The van der Waals surface area contributed by atoms with Crippen LogP contribution in [0.2, 0.25) is 0 Å². The van der Waals surface area contributed by atoms with Crippen LogP contribution in [-0.4, -0.2) is 29.7 Å². The van der Waals surface area contributed by atoms with Gasteiger partial charge < -0.3 is 15.8 Å². The molecule has 0 aromatic carbocycles. The Balaban J connectivity index is 2.10. The summed E-state index contributed by atoms with van der Waals surface area (Å²) in [6.45, 7) is 8.68. The molecule has 5 heteroatoms. The first kappa shape index (κ1) is 13.1. The van der Waals surface area contributed by atoms with Gasteiger partial charge in [-0.25, -0.2) is 9.97 Å². The molecule has 1 atom stereocenters. The van der Waals surface area contributed by atoms with Crippen molar-refractivity contribution in [3.63, 3.8) is 0 Å². The molecule has 1 aromatic rings. The molecular weight excluding hydrogens is 228 g/mol. The fourth-order valence-electron chi connectivity index (χ4n) is 1.97. The smallest absolute Gasteiger partial charge is 0.135 e. The van der Waals surface area contributed by atoms with Crippen molar-refractivity contribution in [1.29, 1.82) is 0 Å². The van der Waals surface area contributed by atoms with Gasteiger partial charge in [-0.1, -0.05) is 13.8 Å². The van der Waals surface area contributed by atoms with Crippen molar-refractivity contribution in [3.05, 3.63) is 11.4 Å². The molecule has 2 heterocycles. The molecule has 0 amide bonds. The second-order valence-corrected chi connectivity index (χ2v) is 5.21. The first-order valence-corrected chi connectivity index (χ1v) is 6.53. The van der Waals surface area contributed by atoms with E-state index in [0.29, 0.717) is 11.7 Å². The third-order valence-electron chi connectivity index (χ3n) is 3.30. The zero-order valence-electron chi connectivity index (χ0n) is 11.4. The minimum atomic E-state index is 0.281. The average molecular weight is 250 g/mol. The van der Waals surface area contributed by atoms with Crippen molar-refractivity contribution in [3.8, 4) is 0 Å². The van der Waals surface area contributed by atoms with Gasteiger partial charge in [0.25, 0.3) is 0 Å². The predicted molar refractivity (Wildman–Crippen MR) is 72.7 cm³/mol. The Morgan fingerprint density at radius 1 is 1.44 bits per heavy atom. The zero-order valence-corrected chi connectivity index (χ0v) is 11.4. The molecule has 0 aliphatic carbocycles. The summed E-state index contributed by atoms with van der Waals surface area (Å²) in [4.78, 5) is 8.87. The standard InChI is InChI=1S/C13H22N4O/c1-8(2)12-16-11(14)9(3)13(17-12)15-6-10-4-5-18-7-10/h8,10H,4-7H2,1-3H3,(H3,14,15,16,17). The first-order valence-electron chi connectivity index (χ1n) is 6.53. The Labute approximate surface area is 108 Å². The fourth-order valence-corrected chi connectivity index (χ4v) is 1.97. The number of hydrogen-bond acceptors (Lipinski definition) is 5. The van der Waals surface area contributed by atoms with Crippen LogP contribution in [0.5, 0.6) is 0 Å². The lowest BCUT2D eigenvalue weighted by atomic mass is 10.1. The highest BCUT2D eigenvalue weighted by Gasteiger charge is 2.17. The molecule has 3 N–H and O–H groups in total. The van der Waals surface area contributed by atoms with Gasteiger partial charge >= 0.3 is 0 Å². The summed E-state index contributed by atoms with van der Waals surface area (Å²) in [6.07, 6.45) is 1.11. The number of rotatable bonds is 4. The topological polar surface area (TPSA) is 73.1 Å². The Morgan fingerprint density at radius 3 is 2.83 bits per heavy atom. The van der Waals surface area contributed by atoms with Crippen LogP contribution >= 0.6 is 0 Å². The van der Waals surface area contributed by atoms with Crippen molar-refractivity contribution in [2.24, 2.45) is 5.92 Å². The van der Waals surface area contributed by atoms with E-state index in [0.717, 1.165) is 43.4 Å². The number of nitrogens with one attached hydrogen (secondary N) is 1. The molecule has 1 aromatic heterocycles. The van der Waals surface area contributed by atoms with Crippen molar-refractivity contribution in [2.75, 3.05) is 30.8 Å². The molecule has 0 saturated carbocycles. The molecule has 1 fully saturated rings. The summed E-state index contributed by atoms with van der Waals surface area (Å²) < 4.78 is 5.36. The van der Waals surface area contributed by atoms with E-state index in [2.05, 4.69) is 29.1 Å². The van der Waals surface area contributed by atoms with E-state index >= 15 is 0 Å². The van der Waals surface area contributed by atoms with Gasteiger partial charge in [0.1, 0.15) is 17.5 Å². The molecule has 1 unspecified atom stereocenters. The Morgan fingerprint density at radius 2 is 2.22 bits per heavy atom. The van der Waals surface area contributed by atoms with E-state index in [1.165, 1.54) is 0 Å². The minimum absolute atomic E-state index is 0.281. The predicted octanol–water partition coefficient (Wildman–Crippen LogP) is 1.94. The first-order chi connectivity index (χ1) is 8.58. The summed E-state index contributed by atoms with van der Waals surface area (Å²) >= 11 is 0. The summed E-state index contributed by atoms with van der Waals surface area (Å²) in [6, 6.07) is 0. The highest BCUT2D eigenvalue weighted by Crippen LogP contribution is 2.22. The van der Waals surface area contributed by atoms with Crippen LogP contribution in [0.15, 0.2) is 0 Å². The molecule has 2 rings (SSSR count). The summed E-state index contributed by atoms with van der Waals surface area (Å²) in [7, 11) is 0. The fraction of sp³-hybridized carbons (Fsp3) is 0.692. The van der Waals surface area contributed by atoms with Crippen LogP contribution in [0.25, 0.3) is 0 Å². The van der Waals surface area contributed by atoms with E-state index in [4.69, 9.17) is 10.5 Å². The van der Waals surface area contributed by atoms with Crippen molar-refractivity contribution >= 4 is 11.6 Å². The van der Waals surface area contributed by atoms with Gasteiger partial charge in [0.2, 0.25) is 0 Å². The Kier molecular flexibility index (Phi) is 4.01. The molecule has 100 valence electrons. The van der Waals surface area contributed by atoms with Crippen molar-refractivity contribution in [2.45, 2.75) is 33.1 Å². The minimum Gasteiger partial charge on any atom is -0.383 e. The number of nitrogens with two attached hydrogens (primary N) is 1. The van der Waals surface area contributed by atoms with Crippen molar-refractivity contribution < 1.29 is 4.74 Å². The Hall–Kier alpha value is -1.36. The molecule has 5 nitrogen and oxygen atoms in total. The Bertz CT molecular complexity index is 414. The maximum Gasteiger partial charge on any atom is 0.135 e. The van der Waals surface area contributed by atoms with Gasteiger partial charge in [0, 0.05) is 30.6 Å².